The Morgan fingerprint density at radius 2 is 1.91 bits per heavy atom. The molecular weight excluding hydrogens is 457 g/mol. The summed E-state index contributed by atoms with van der Waals surface area (Å²) >= 11 is 0. The van der Waals surface area contributed by atoms with E-state index in [1.807, 2.05) is 0 Å². The molecule has 6 nitrogen and oxygen atoms in total. The van der Waals surface area contributed by atoms with Gasteiger partial charge in [0, 0.05) is 30.3 Å². The molecule has 178 valence electrons. The van der Waals surface area contributed by atoms with Gasteiger partial charge in [-0.1, -0.05) is 6.07 Å². The van der Waals surface area contributed by atoms with Crippen LogP contribution in [0.5, 0.6) is 0 Å². The summed E-state index contributed by atoms with van der Waals surface area (Å²) in [6.07, 6.45) is 5.59. The summed E-state index contributed by atoms with van der Waals surface area (Å²) in [6.45, 7) is 0. The Bertz CT molecular complexity index is 1430. The van der Waals surface area contributed by atoms with Gasteiger partial charge in [0.1, 0.15) is 23.7 Å². The van der Waals surface area contributed by atoms with E-state index in [1.54, 1.807) is 22.7 Å². The predicted octanol–water partition coefficient (Wildman–Crippen LogP) is 5.45. The Morgan fingerprint density at radius 1 is 1.11 bits per heavy atom. The van der Waals surface area contributed by atoms with E-state index in [4.69, 9.17) is 9.52 Å². The van der Waals surface area contributed by atoms with Crippen molar-refractivity contribution in [2.24, 2.45) is 7.05 Å². The molecule has 0 aliphatic carbocycles. The molecule has 4 heterocycles. The summed E-state index contributed by atoms with van der Waals surface area (Å²) in [4.78, 5) is 19.7. The standard InChI is InChI=1S/C26H21F3N4O2/c1-32-24(14-10-15(27)12-16(28)11-14)19-13-17-4-2-7-21(23(19)31-32)33(17)26(34)18-5-3-6-20(29)22(18)25-30-8-9-35-25/h3,5-6,8-12,17,21H,2,4,7,13H2,1H3/t17-,21+/m1/s1. The third-order valence-corrected chi connectivity index (χ3v) is 6.94. The van der Waals surface area contributed by atoms with Crippen molar-refractivity contribution in [1.29, 1.82) is 0 Å². The highest BCUT2D eigenvalue weighted by molar-refractivity contribution is 6.00. The molecule has 6 rings (SSSR count). The third kappa shape index (κ3) is 3.45. The molecule has 0 radical (unpaired) electrons. The van der Waals surface area contributed by atoms with E-state index in [9.17, 15) is 18.0 Å². The fourth-order valence-corrected chi connectivity index (χ4v) is 5.61. The number of fused-ring (bicyclic) bond motifs is 4. The molecule has 2 aromatic heterocycles. The van der Waals surface area contributed by atoms with Crippen molar-refractivity contribution in [1.82, 2.24) is 19.7 Å². The van der Waals surface area contributed by atoms with Gasteiger partial charge >= 0.3 is 0 Å². The average molecular weight is 478 g/mol. The number of rotatable bonds is 3. The zero-order chi connectivity index (χ0) is 24.3. The van der Waals surface area contributed by atoms with Gasteiger partial charge in [0.2, 0.25) is 5.89 Å². The molecule has 2 aliphatic rings. The summed E-state index contributed by atoms with van der Waals surface area (Å²) in [5.41, 5.74) is 2.87. The number of benzene rings is 2. The summed E-state index contributed by atoms with van der Waals surface area (Å²) < 4.78 is 49.8. The number of aryl methyl sites for hydroxylation is 1. The number of halogens is 3. The maximum Gasteiger partial charge on any atom is 0.255 e. The first kappa shape index (κ1) is 21.6. The van der Waals surface area contributed by atoms with Gasteiger partial charge in [0.25, 0.3) is 5.91 Å². The molecule has 2 aliphatic heterocycles. The molecule has 2 bridgehead atoms. The highest BCUT2D eigenvalue weighted by atomic mass is 19.1. The summed E-state index contributed by atoms with van der Waals surface area (Å²) in [7, 11) is 1.74. The average Bonchev–Trinajstić information content (AvgIpc) is 3.45. The normalized spacial score (nSPS) is 19.0. The van der Waals surface area contributed by atoms with Crippen molar-refractivity contribution in [3.05, 3.63) is 83.1 Å². The van der Waals surface area contributed by atoms with Crippen LogP contribution in [0.15, 0.2) is 53.3 Å². The summed E-state index contributed by atoms with van der Waals surface area (Å²) in [5, 5.41) is 4.70. The Kier molecular flexibility index (Phi) is 5.01. The van der Waals surface area contributed by atoms with Gasteiger partial charge in [-0.05, 0) is 49.9 Å². The van der Waals surface area contributed by atoms with Gasteiger partial charge in [0.15, 0.2) is 0 Å². The van der Waals surface area contributed by atoms with Crippen molar-refractivity contribution in [3.63, 3.8) is 0 Å². The topological polar surface area (TPSA) is 64.2 Å². The number of nitrogens with zero attached hydrogens (tertiary/aromatic N) is 4. The van der Waals surface area contributed by atoms with E-state index in [2.05, 4.69) is 4.98 Å². The number of oxazole rings is 1. The molecule has 1 amide bonds. The maximum atomic E-state index is 14.8. The Balaban J connectivity index is 1.45. The zero-order valence-corrected chi connectivity index (χ0v) is 18.8. The maximum absolute atomic E-state index is 14.8. The first-order valence-electron chi connectivity index (χ1n) is 11.5. The first-order valence-corrected chi connectivity index (χ1v) is 11.5. The lowest BCUT2D eigenvalue weighted by Crippen LogP contribution is -2.50. The van der Waals surface area contributed by atoms with Crippen LogP contribution in [0.4, 0.5) is 13.2 Å². The minimum atomic E-state index is -0.659. The molecule has 1 saturated heterocycles. The molecule has 0 spiro atoms. The van der Waals surface area contributed by atoms with Crippen molar-refractivity contribution in [2.45, 2.75) is 37.8 Å². The Hall–Kier alpha value is -3.88. The molecule has 0 N–H and O–H groups in total. The zero-order valence-electron chi connectivity index (χ0n) is 18.8. The molecular formula is C26H21F3N4O2. The number of carbonyl (C=O) groups excluding carboxylic acids is 1. The van der Waals surface area contributed by atoms with Gasteiger partial charge in [-0.3, -0.25) is 9.48 Å². The fraction of sp³-hybridized carbons (Fsp3) is 0.269. The lowest BCUT2D eigenvalue weighted by molar-refractivity contribution is 0.0392. The number of aromatic nitrogens is 3. The number of hydrogen-bond donors (Lipinski definition) is 0. The predicted molar refractivity (Wildman–Crippen MR) is 121 cm³/mol. The van der Waals surface area contributed by atoms with Crippen LogP contribution < -0.4 is 0 Å². The van der Waals surface area contributed by atoms with Gasteiger partial charge in [-0.15, -0.1) is 0 Å². The Labute approximate surface area is 199 Å². The second-order valence-corrected chi connectivity index (χ2v) is 9.01. The largest absolute Gasteiger partial charge is 0.444 e. The Morgan fingerprint density at radius 3 is 2.66 bits per heavy atom. The minimum Gasteiger partial charge on any atom is -0.444 e. The van der Waals surface area contributed by atoms with Gasteiger partial charge in [0.05, 0.1) is 34.8 Å². The van der Waals surface area contributed by atoms with Crippen LogP contribution in [0.3, 0.4) is 0 Å². The number of amides is 1. The smallest absolute Gasteiger partial charge is 0.255 e. The fourth-order valence-electron chi connectivity index (χ4n) is 5.61. The third-order valence-electron chi connectivity index (χ3n) is 6.94. The minimum absolute atomic E-state index is 0.0308. The van der Waals surface area contributed by atoms with Crippen molar-refractivity contribution in [2.75, 3.05) is 0 Å². The van der Waals surface area contributed by atoms with E-state index >= 15 is 0 Å². The summed E-state index contributed by atoms with van der Waals surface area (Å²) in [5.74, 6) is -2.18. The molecule has 35 heavy (non-hydrogen) atoms. The van der Waals surface area contributed by atoms with Gasteiger partial charge < -0.3 is 9.32 Å². The highest BCUT2D eigenvalue weighted by Gasteiger charge is 2.44. The van der Waals surface area contributed by atoms with Crippen LogP contribution in [0.2, 0.25) is 0 Å². The van der Waals surface area contributed by atoms with E-state index in [0.717, 1.165) is 24.5 Å². The lowest BCUT2D eigenvalue weighted by atomic mass is 9.81. The number of hydrogen-bond acceptors (Lipinski definition) is 4. The van der Waals surface area contributed by atoms with Crippen molar-refractivity contribution >= 4 is 5.91 Å². The molecule has 9 heteroatoms. The van der Waals surface area contributed by atoms with Crippen molar-refractivity contribution < 1.29 is 22.4 Å². The lowest BCUT2D eigenvalue weighted by Gasteiger charge is -2.45. The number of piperidine rings is 1. The second-order valence-electron chi connectivity index (χ2n) is 9.01. The van der Waals surface area contributed by atoms with Crippen LogP contribution in [0.1, 0.15) is 46.9 Å². The van der Waals surface area contributed by atoms with E-state index < -0.39 is 17.5 Å². The highest BCUT2D eigenvalue weighted by Crippen LogP contribution is 2.45. The SMILES string of the molecule is Cn1nc2c(c1-c1cc(F)cc(F)c1)C[C@H]1CCC[C@@H]2N1C(=O)c1cccc(F)c1-c1ncco1. The molecule has 4 aromatic rings. The van der Waals surface area contributed by atoms with Crippen LogP contribution in [0.25, 0.3) is 22.7 Å². The van der Waals surface area contributed by atoms with E-state index in [1.165, 1.54) is 36.7 Å². The molecule has 0 saturated carbocycles. The molecule has 1 fully saturated rings. The second kappa shape index (κ2) is 8.11. The number of carbonyl (C=O) groups is 1. The van der Waals surface area contributed by atoms with Gasteiger partial charge in [-0.2, -0.15) is 5.10 Å². The van der Waals surface area contributed by atoms with Crippen molar-refractivity contribution in [3.8, 4) is 22.7 Å². The van der Waals surface area contributed by atoms with E-state index in [0.29, 0.717) is 29.8 Å². The van der Waals surface area contributed by atoms with Gasteiger partial charge in [-0.25, -0.2) is 18.2 Å². The summed E-state index contributed by atoms with van der Waals surface area (Å²) in [6, 6.07) is 7.29. The van der Waals surface area contributed by atoms with Crippen LogP contribution in [-0.4, -0.2) is 31.6 Å². The van der Waals surface area contributed by atoms with Crippen LogP contribution >= 0.6 is 0 Å². The van der Waals surface area contributed by atoms with E-state index in [-0.39, 0.29) is 35.0 Å². The molecule has 2 atom stereocenters. The van der Waals surface area contributed by atoms with Crippen LogP contribution in [-0.2, 0) is 13.5 Å². The quantitative estimate of drug-likeness (QED) is 0.393. The molecule has 0 unspecified atom stereocenters. The monoisotopic (exact) mass is 478 g/mol. The molecule has 2 aromatic carbocycles. The van der Waals surface area contributed by atoms with Crippen LogP contribution in [0, 0.1) is 17.5 Å². The first-order chi connectivity index (χ1) is 16.9.